The minimum Gasteiger partial charge on any atom is -0.374 e. The van der Waals surface area contributed by atoms with Gasteiger partial charge < -0.3 is 10.6 Å². The molecule has 0 aromatic carbocycles. The van der Waals surface area contributed by atoms with Crippen LogP contribution in [0.1, 0.15) is 25.7 Å². The molecule has 0 radical (unpaired) electrons. The summed E-state index contributed by atoms with van der Waals surface area (Å²) in [5, 5.41) is 10.2. The van der Waals surface area contributed by atoms with Crippen molar-refractivity contribution in [2.75, 3.05) is 11.9 Å². The molecular weight excluding hydrogens is 280 g/mol. The van der Waals surface area contributed by atoms with Crippen molar-refractivity contribution in [2.45, 2.75) is 38.3 Å². The number of amides is 1. The van der Waals surface area contributed by atoms with Crippen LogP contribution in [0.2, 0.25) is 5.02 Å². The third kappa shape index (κ3) is 2.65. The predicted molar refractivity (Wildman–Crippen MR) is 75.9 cm³/mol. The highest BCUT2D eigenvalue weighted by molar-refractivity contribution is 6.33. The SMILES string of the molecule is O=C1CC(Nc2c(Cl)cnn(CC3CCC3)c2=O)CN1. The molecule has 1 aliphatic heterocycles. The van der Waals surface area contributed by atoms with Gasteiger partial charge in [0.1, 0.15) is 5.69 Å². The number of carbonyl (C=O) groups is 1. The van der Waals surface area contributed by atoms with Crippen LogP contribution in [0.15, 0.2) is 11.0 Å². The number of carbonyl (C=O) groups excluding carboxylic acids is 1. The summed E-state index contributed by atoms with van der Waals surface area (Å²) in [6.45, 7) is 1.16. The molecule has 1 saturated heterocycles. The lowest BCUT2D eigenvalue weighted by Gasteiger charge is -2.25. The summed E-state index contributed by atoms with van der Waals surface area (Å²) in [5.41, 5.74) is 0.145. The fourth-order valence-electron chi connectivity index (χ4n) is 2.56. The number of anilines is 1. The maximum atomic E-state index is 12.4. The first-order valence-electron chi connectivity index (χ1n) is 6.92. The van der Waals surface area contributed by atoms with Crippen molar-refractivity contribution in [2.24, 2.45) is 5.92 Å². The Labute approximate surface area is 121 Å². The highest BCUT2D eigenvalue weighted by atomic mass is 35.5. The number of halogens is 1. The van der Waals surface area contributed by atoms with Crippen molar-refractivity contribution in [3.8, 4) is 0 Å². The molecule has 2 heterocycles. The molecule has 3 rings (SSSR count). The van der Waals surface area contributed by atoms with Crippen molar-refractivity contribution < 1.29 is 4.79 Å². The number of hydrogen-bond acceptors (Lipinski definition) is 4. The number of nitrogens with one attached hydrogen (secondary N) is 2. The van der Waals surface area contributed by atoms with E-state index >= 15 is 0 Å². The van der Waals surface area contributed by atoms with Gasteiger partial charge in [0, 0.05) is 19.5 Å². The maximum Gasteiger partial charge on any atom is 0.291 e. The van der Waals surface area contributed by atoms with E-state index in [1.54, 1.807) is 0 Å². The standard InChI is InChI=1S/C13H17ClN4O2/c14-10-6-16-18(7-8-2-1-3-8)13(20)12(10)17-9-4-11(19)15-5-9/h6,8-9,17H,1-5,7H2,(H,15,19). The molecule has 6 nitrogen and oxygen atoms in total. The van der Waals surface area contributed by atoms with Gasteiger partial charge in [0.25, 0.3) is 5.56 Å². The van der Waals surface area contributed by atoms with Gasteiger partial charge in [-0.2, -0.15) is 5.10 Å². The molecule has 1 aromatic heterocycles. The van der Waals surface area contributed by atoms with E-state index in [9.17, 15) is 9.59 Å². The molecule has 1 atom stereocenters. The third-order valence-electron chi connectivity index (χ3n) is 3.98. The Hall–Kier alpha value is -1.56. The molecule has 2 N–H and O–H groups in total. The molecular formula is C13H17ClN4O2. The second kappa shape index (κ2) is 5.44. The molecule has 7 heteroatoms. The molecule has 108 valence electrons. The van der Waals surface area contributed by atoms with Crippen molar-refractivity contribution in [3.05, 3.63) is 21.6 Å². The van der Waals surface area contributed by atoms with Gasteiger partial charge in [-0.3, -0.25) is 9.59 Å². The first-order valence-corrected chi connectivity index (χ1v) is 7.30. The predicted octanol–water partition coefficient (Wildman–Crippen LogP) is 0.997. The highest BCUT2D eigenvalue weighted by Gasteiger charge is 2.24. The molecule has 2 aliphatic rings. The molecule has 1 aliphatic carbocycles. The Morgan fingerprint density at radius 3 is 2.85 bits per heavy atom. The Morgan fingerprint density at radius 1 is 1.45 bits per heavy atom. The van der Waals surface area contributed by atoms with Gasteiger partial charge in [-0.05, 0) is 18.8 Å². The van der Waals surface area contributed by atoms with E-state index in [1.807, 2.05) is 0 Å². The van der Waals surface area contributed by atoms with E-state index in [0.717, 1.165) is 12.8 Å². The first-order chi connectivity index (χ1) is 9.63. The zero-order chi connectivity index (χ0) is 14.1. The molecule has 0 spiro atoms. The number of nitrogens with zero attached hydrogens (tertiary/aromatic N) is 2. The summed E-state index contributed by atoms with van der Waals surface area (Å²) in [4.78, 5) is 23.6. The van der Waals surface area contributed by atoms with Crippen LogP contribution >= 0.6 is 11.6 Å². The van der Waals surface area contributed by atoms with Gasteiger partial charge in [-0.1, -0.05) is 18.0 Å². The molecule has 20 heavy (non-hydrogen) atoms. The van der Waals surface area contributed by atoms with Gasteiger partial charge in [0.05, 0.1) is 17.3 Å². The number of hydrogen-bond donors (Lipinski definition) is 2. The fourth-order valence-corrected chi connectivity index (χ4v) is 2.74. The lowest BCUT2D eigenvalue weighted by Crippen LogP contribution is -2.33. The van der Waals surface area contributed by atoms with Gasteiger partial charge in [0.15, 0.2) is 0 Å². The lowest BCUT2D eigenvalue weighted by atomic mass is 9.85. The fraction of sp³-hybridized carbons (Fsp3) is 0.615. The summed E-state index contributed by atoms with van der Waals surface area (Å²) < 4.78 is 1.47. The molecule has 1 amide bonds. The van der Waals surface area contributed by atoms with Crippen LogP contribution in [0, 0.1) is 5.92 Å². The van der Waals surface area contributed by atoms with E-state index in [-0.39, 0.29) is 17.5 Å². The number of rotatable bonds is 4. The van der Waals surface area contributed by atoms with E-state index in [4.69, 9.17) is 11.6 Å². The van der Waals surface area contributed by atoms with Crippen LogP contribution in [-0.2, 0) is 11.3 Å². The summed E-state index contributed by atoms with van der Waals surface area (Å²) in [5.74, 6) is 0.534. The van der Waals surface area contributed by atoms with Crippen molar-refractivity contribution in [1.82, 2.24) is 15.1 Å². The van der Waals surface area contributed by atoms with Crippen LogP contribution < -0.4 is 16.2 Å². The van der Waals surface area contributed by atoms with Crippen molar-refractivity contribution in [1.29, 1.82) is 0 Å². The van der Waals surface area contributed by atoms with Crippen molar-refractivity contribution >= 4 is 23.2 Å². The van der Waals surface area contributed by atoms with Gasteiger partial charge in [-0.15, -0.1) is 0 Å². The van der Waals surface area contributed by atoms with Crippen LogP contribution in [-0.4, -0.2) is 28.3 Å². The Balaban J connectivity index is 1.79. The smallest absolute Gasteiger partial charge is 0.291 e. The zero-order valence-electron chi connectivity index (χ0n) is 11.1. The average molecular weight is 297 g/mol. The van der Waals surface area contributed by atoms with Crippen LogP contribution in [0.25, 0.3) is 0 Å². The Kier molecular flexibility index (Phi) is 3.65. The Morgan fingerprint density at radius 2 is 2.25 bits per heavy atom. The van der Waals surface area contributed by atoms with Crippen molar-refractivity contribution in [3.63, 3.8) is 0 Å². The monoisotopic (exact) mass is 296 g/mol. The second-order valence-electron chi connectivity index (χ2n) is 5.50. The van der Waals surface area contributed by atoms with Crippen LogP contribution in [0.5, 0.6) is 0 Å². The van der Waals surface area contributed by atoms with Crippen LogP contribution in [0.3, 0.4) is 0 Å². The molecule has 0 bridgehead atoms. The van der Waals surface area contributed by atoms with E-state index < -0.39 is 0 Å². The lowest BCUT2D eigenvalue weighted by molar-refractivity contribution is -0.119. The Bertz CT molecular complexity index is 582. The van der Waals surface area contributed by atoms with Crippen LogP contribution in [0.4, 0.5) is 5.69 Å². The molecule has 1 aromatic rings. The zero-order valence-corrected chi connectivity index (χ0v) is 11.8. The molecule has 1 unspecified atom stereocenters. The quantitative estimate of drug-likeness (QED) is 0.869. The second-order valence-corrected chi connectivity index (χ2v) is 5.91. The minimum absolute atomic E-state index is 0.0116. The summed E-state index contributed by atoms with van der Waals surface area (Å²) in [6.07, 6.45) is 5.39. The summed E-state index contributed by atoms with van der Waals surface area (Å²) in [7, 11) is 0. The highest BCUT2D eigenvalue weighted by Crippen LogP contribution is 2.27. The first kappa shape index (κ1) is 13.4. The maximum absolute atomic E-state index is 12.4. The third-order valence-corrected chi connectivity index (χ3v) is 4.27. The van der Waals surface area contributed by atoms with E-state index in [2.05, 4.69) is 15.7 Å². The molecule has 1 saturated carbocycles. The normalized spacial score (nSPS) is 22.4. The van der Waals surface area contributed by atoms with E-state index in [0.29, 0.717) is 36.1 Å². The molecule has 2 fully saturated rings. The minimum atomic E-state index is -0.205. The largest absolute Gasteiger partial charge is 0.374 e. The van der Waals surface area contributed by atoms with Gasteiger partial charge in [-0.25, -0.2) is 4.68 Å². The van der Waals surface area contributed by atoms with E-state index in [1.165, 1.54) is 17.3 Å². The van der Waals surface area contributed by atoms with Gasteiger partial charge >= 0.3 is 0 Å². The van der Waals surface area contributed by atoms with Gasteiger partial charge in [0.2, 0.25) is 5.91 Å². The summed E-state index contributed by atoms with van der Waals surface area (Å²) >= 11 is 6.06. The topological polar surface area (TPSA) is 76.0 Å². The number of aromatic nitrogens is 2. The average Bonchev–Trinajstić information content (AvgIpc) is 2.77. The summed E-state index contributed by atoms with van der Waals surface area (Å²) in [6, 6.07) is -0.0905.